The maximum absolute atomic E-state index is 14.3. The lowest BCUT2D eigenvalue weighted by Crippen LogP contribution is -2.65. The highest BCUT2D eigenvalue weighted by Crippen LogP contribution is 2.45. The van der Waals surface area contributed by atoms with E-state index in [9.17, 15) is 8.78 Å². The first kappa shape index (κ1) is 14.4. The van der Waals surface area contributed by atoms with Gasteiger partial charge in [-0.1, -0.05) is 18.2 Å². The highest BCUT2D eigenvalue weighted by molar-refractivity contribution is 7.80. The summed E-state index contributed by atoms with van der Waals surface area (Å²) in [6, 6.07) is 11.2. The molecule has 3 nitrogen and oxygen atoms in total. The Kier molecular flexibility index (Phi) is 3.06. The number of hydrogen-bond acceptors (Lipinski definition) is 2. The molecule has 1 fully saturated rings. The van der Waals surface area contributed by atoms with Crippen molar-refractivity contribution in [3.63, 3.8) is 0 Å². The highest BCUT2D eigenvalue weighted by Gasteiger charge is 2.48. The van der Waals surface area contributed by atoms with E-state index in [1.54, 1.807) is 4.90 Å². The summed E-state index contributed by atoms with van der Waals surface area (Å²) < 4.78 is 33.6. The third kappa shape index (κ3) is 2.16. The van der Waals surface area contributed by atoms with Crippen molar-refractivity contribution >= 4 is 23.0 Å². The molecule has 1 saturated heterocycles. The molecule has 0 aliphatic carbocycles. The van der Waals surface area contributed by atoms with Gasteiger partial charge < -0.3 is 10.1 Å². The van der Waals surface area contributed by atoms with Gasteiger partial charge in [-0.25, -0.2) is 8.78 Å². The first-order valence-corrected chi connectivity index (χ1v) is 7.72. The third-order valence-electron chi connectivity index (χ3n) is 4.33. The number of para-hydroxylation sites is 1. The van der Waals surface area contributed by atoms with Crippen LogP contribution in [0.15, 0.2) is 42.5 Å². The van der Waals surface area contributed by atoms with Crippen LogP contribution in [-0.2, 0) is 0 Å². The monoisotopic (exact) mass is 332 g/mol. The smallest absolute Gasteiger partial charge is 0.188 e. The zero-order valence-corrected chi connectivity index (χ0v) is 13.2. The summed E-state index contributed by atoms with van der Waals surface area (Å²) in [5.74, 6) is -0.551. The van der Waals surface area contributed by atoms with E-state index in [0.717, 1.165) is 17.4 Å². The van der Waals surface area contributed by atoms with Crippen molar-refractivity contribution in [2.75, 3.05) is 4.90 Å². The van der Waals surface area contributed by atoms with Crippen molar-refractivity contribution in [1.82, 2.24) is 5.32 Å². The predicted molar refractivity (Wildman–Crippen MR) is 87.4 cm³/mol. The van der Waals surface area contributed by atoms with Crippen LogP contribution in [0.3, 0.4) is 0 Å². The number of ether oxygens (including phenoxy) is 1. The number of halogens is 2. The SMILES string of the molecule is CC12CC(NC(=S)N1c1ccc(F)cc1F)c1ccccc1O2. The number of rotatable bonds is 1. The fourth-order valence-electron chi connectivity index (χ4n) is 3.35. The molecule has 2 aromatic carbocycles. The van der Waals surface area contributed by atoms with Crippen LogP contribution in [0.5, 0.6) is 5.75 Å². The quantitative estimate of drug-likeness (QED) is 0.801. The van der Waals surface area contributed by atoms with Gasteiger partial charge in [-0.2, -0.15) is 0 Å². The Morgan fingerprint density at radius 3 is 2.83 bits per heavy atom. The largest absolute Gasteiger partial charge is 0.467 e. The van der Waals surface area contributed by atoms with Gasteiger partial charge in [0.2, 0.25) is 0 Å². The molecule has 2 aliphatic heterocycles. The van der Waals surface area contributed by atoms with E-state index in [1.807, 2.05) is 31.2 Å². The molecule has 0 amide bonds. The van der Waals surface area contributed by atoms with Gasteiger partial charge >= 0.3 is 0 Å². The van der Waals surface area contributed by atoms with Gasteiger partial charge in [0.1, 0.15) is 17.4 Å². The molecular weight excluding hydrogens is 318 g/mol. The standard InChI is InChI=1S/C17H14F2N2OS/c1-17-9-13(11-4-2-3-5-15(11)22-17)20-16(23)21(17)14-7-6-10(18)8-12(14)19/h2-8,13H,9H2,1H3,(H,20,23). The zero-order valence-electron chi connectivity index (χ0n) is 12.3. The summed E-state index contributed by atoms with van der Waals surface area (Å²) in [4.78, 5) is 1.59. The molecule has 2 aliphatic rings. The van der Waals surface area contributed by atoms with Gasteiger partial charge in [0.15, 0.2) is 10.8 Å². The van der Waals surface area contributed by atoms with Crippen LogP contribution >= 0.6 is 12.2 Å². The van der Waals surface area contributed by atoms with Crippen LogP contribution in [0.2, 0.25) is 0 Å². The summed E-state index contributed by atoms with van der Waals surface area (Å²) in [6.07, 6.45) is 0.598. The van der Waals surface area contributed by atoms with Crippen LogP contribution in [0.4, 0.5) is 14.5 Å². The zero-order chi connectivity index (χ0) is 16.2. The average Bonchev–Trinajstić information content (AvgIpc) is 2.48. The third-order valence-corrected chi connectivity index (χ3v) is 4.63. The first-order valence-electron chi connectivity index (χ1n) is 7.32. The second-order valence-electron chi connectivity index (χ2n) is 5.95. The van der Waals surface area contributed by atoms with Crippen LogP contribution in [0, 0.1) is 11.6 Å². The van der Waals surface area contributed by atoms with Crippen molar-refractivity contribution in [1.29, 1.82) is 0 Å². The summed E-state index contributed by atoms with van der Waals surface area (Å²) in [5.41, 5.74) is 0.399. The maximum atomic E-state index is 14.3. The molecule has 1 N–H and O–H groups in total. The Hall–Kier alpha value is -2.21. The Balaban J connectivity index is 1.83. The van der Waals surface area contributed by atoms with Crippen LogP contribution in [0.25, 0.3) is 0 Å². The number of thiocarbonyl (C=S) groups is 1. The second kappa shape index (κ2) is 4.89. The van der Waals surface area contributed by atoms with Crippen LogP contribution in [-0.4, -0.2) is 10.8 Å². The summed E-state index contributed by atoms with van der Waals surface area (Å²) in [6.45, 7) is 1.87. The molecule has 0 aromatic heterocycles. The number of benzene rings is 2. The molecule has 2 atom stereocenters. The Labute approximate surface area is 137 Å². The lowest BCUT2D eigenvalue weighted by atomic mass is 9.90. The lowest BCUT2D eigenvalue weighted by Gasteiger charge is -2.52. The summed E-state index contributed by atoms with van der Waals surface area (Å²) in [5, 5.41) is 3.60. The minimum Gasteiger partial charge on any atom is -0.467 e. The first-order chi connectivity index (χ1) is 11.0. The van der Waals surface area contributed by atoms with Gasteiger partial charge in [0, 0.05) is 18.1 Å². The van der Waals surface area contributed by atoms with Crippen LogP contribution in [0.1, 0.15) is 24.9 Å². The number of hydrogen-bond donors (Lipinski definition) is 1. The highest BCUT2D eigenvalue weighted by atomic mass is 32.1. The van der Waals surface area contributed by atoms with Gasteiger partial charge in [-0.15, -0.1) is 0 Å². The van der Waals surface area contributed by atoms with E-state index in [2.05, 4.69) is 5.32 Å². The predicted octanol–water partition coefficient (Wildman–Crippen LogP) is 3.90. The Bertz CT molecular complexity index is 813. The fraction of sp³-hybridized carbons (Fsp3) is 0.235. The topological polar surface area (TPSA) is 24.5 Å². The molecule has 2 unspecified atom stereocenters. The minimum absolute atomic E-state index is 0.0113. The summed E-state index contributed by atoms with van der Waals surface area (Å²) >= 11 is 5.43. The summed E-state index contributed by atoms with van der Waals surface area (Å²) in [7, 11) is 0. The maximum Gasteiger partial charge on any atom is 0.188 e. The molecule has 23 heavy (non-hydrogen) atoms. The number of nitrogens with zero attached hydrogens (tertiary/aromatic N) is 1. The van der Waals surface area contributed by atoms with E-state index in [0.29, 0.717) is 11.5 Å². The second-order valence-corrected chi connectivity index (χ2v) is 6.34. The molecule has 0 radical (unpaired) electrons. The number of anilines is 1. The van der Waals surface area contributed by atoms with Crippen molar-refractivity contribution < 1.29 is 13.5 Å². The Morgan fingerprint density at radius 1 is 1.26 bits per heavy atom. The van der Waals surface area contributed by atoms with Gasteiger partial charge in [0.25, 0.3) is 0 Å². The average molecular weight is 332 g/mol. The van der Waals surface area contributed by atoms with Crippen molar-refractivity contribution in [3.05, 3.63) is 59.7 Å². The van der Waals surface area contributed by atoms with Crippen molar-refractivity contribution in [2.45, 2.75) is 25.1 Å². The molecule has 0 spiro atoms. The van der Waals surface area contributed by atoms with E-state index in [-0.39, 0.29) is 11.7 Å². The van der Waals surface area contributed by atoms with Crippen molar-refractivity contribution in [3.8, 4) is 5.75 Å². The molecule has 2 bridgehead atoms. The number of fused-ring (bicyclic) bond motifs is 4. The molecule has 118 valence electrons. The Morgan fingerprint density at radius 2 is 2.04 bits per heavy atom. The van der Waals surface area contributed by atoms with Crippen molar-refractivity contribution in [2.24, 2.45) is 0 Å². The molecular formula is C17H14F2N2OS. The minimum atomic E-state index is -0.833. The molecule has 2 heterocycles. The molecule has 0 saturated carbocycles. The molecule has 2 aromatic rings. The van der Waals surface area contributed by atoms with Gasteiger partial charge in [0.05, 0.1) is 11.7 Å². The normalized spacial score (nSPS) is 25.4. The van der Waals surface area contributed by atoms with E-state index >= 15 is 0 Å². The van der Waals surface area contributed by atoms with Gasteiger partial charge in [-0.05, 0) is 37.3 Å². The number of nitrogens with one attached hydrogen (secondary N) is 1. The van der Waals surface area contributed by atoms with Crippen LogP contribution < -0.4 is 15.0 Å². The van der Waals surface area contributed by atoms with E-state index in [1.165, 1.54) is 12.1 Å². The molecule has 4 rings (SSSR count). The van der Waals surface area contributed by atoms with E-state index in [4.69, 9.17) is 17.0 Å². The molecule has 6 heteroatoms. The van der Waals surface area contributed by atoms with Gasteiger partial charge in [-0.3, -0.25) is 4.90 Å². The lowest BCUT2D eigenvalue weighted by molar-refractivity contribution is 0.0492. The van der Waals surface area contributed by atoms with E-state index < -0.39 is 17.4 Å². The fourth-order valence-corrected chi connectivity index (χ4v) is 3.78.